The second-order valence-corrected chi connectivity index (χ2v) is 8.65. The average Bonchev–Trinajstić information content (AvgIpc) is 3.56. The second-order valence-electron chi connectivity index (χ2n) is 8.65. The fourth-order valence-electron chi connectivity index (χ4n) is 4.97. The van der Waals surface area contributed by atoms with Crippen molar-refractivity contribution >= 4 is 17.5 Å². The van der Waals surface area contributed by atoms with Crippen LogP contribution in [0.5, 0.6) is 0 Å². The monoisotopic (exact) mass is 377 g/mol. The number of amides is 1. The first-order valence-electron chi connectivity index (χ1n) is 10.3. The molecule has 1 aromatic carbocycles. The van der Waals surface area contributed by atoms with Gasteiger partial charge in [-0.3, -0.25) is 4.79 Å². The van der Waals surface area contributed by atoms with E-state index in [0.29, 0.717) is 17.8 Å². The van der Waals surface area contributed by atoms with Crippen molar-refractivity contribution in [2.45, 2.75) is 44.1 Å². The smallest absolute Gasteiger partial charge is 0.230 e. The molecule has 2 aliphatic heterocycles. The van der Waals surface area contributed by atoms with Crippen LogP contribution in [0, 0.1) is 5.41 Å². The lowest BCUT2D eigenvalue weighted by atomic mass is 9.67. The quantitative estimate of drug-likeness (QED) is 0.890. The highest BCUT2D eigenvalue weighted by Crippen LogP contribution is 2.48. The van der Waals surface area contributed by atoms with Gasteiger partial charge in [-0.25, -0.2) is 9.97 Å². The Labute approximate surface area is 165 Å². The zero-order valence-electron chi connectivity index (χ0n) is 16.1. The number of carbonyl (C=O) groups is 1. The molecule has 1 aromatic heterocycles. The third-order valence-corrected chi connectivity index (χ3v) is 6.74. The maximum Gasteiger partial charge on any atom is 0.230 e. The number of benzene rings is 1. The largest absolute Gasteiger partial charge is 0.384 e. The van der Waals surface area contributed by atoms with Crippen LogP contribution in [0.4, 0.5) is 11.6 Å². The van der Waals surface area contributed by atoms with Crippen LogP contribution in [0.25, 0.3) is 0 Å². The molecule has 6 heteroatoms. The number of nitrogens with zero attached hydrogens (tertiary/aromatic N) is 4. The molecular weight excluding hydrogens is 350 g/mol. The maximum absolute atomic E-state index is 13.2. The van der Waals surface area contributed by atoms with Gasteiger partial charge in [0.05, 0.1) is 5.92 Å². The van der Waals surface area contributed by atoms with E-state index in [0.717, 1.165) is 57.6 Å². The predicted octanol–water partition coefficient (Wildman–Crippen LogP) is 2.82. The number of hydrogen-bond donors (Lipinski definition) is 1. The highest BCUT2D eigenvalue weighted by molar-refractivity contribution is 5.85. The number of nitrogen functional groups attached to an aromatic ring is 1. The molecule has 3 fully saturated rings. The lowest BCUT2D eigenvalue weighted by Crippen LogP contribution is -2.54. The minimum atomic E-state index is -0.00297. The van der Waals surface area contributed by atoms with Crippen molar-refractivity contribution in [3.8, 4) is 0 Å². The molecular formula is C22H27N5O. The Morgan fingerprint density at radius 3 is 2.50 bits per heavy atom. The normalized spacial score (nSPS) is 24.6. The Balaban J connectivity index is 1.37. The summed E-state index contributed by atoms with van der Waals surface area (Å²) in [7, 11) is 0. The first kappa shape index (κ1) is 17.5. The first-order valence-corrected chi connectivity index (χ1v) is 10.3. The standard InChI is InChI=1S/C22H27N5O/c23-19-12-20(25-15-24-19)26-10-8-22(9-11-26)13-18(16-4-2-1-3-5-16)21(28)27(14-22)17-6-7-17/h1-5,12,15,17-18H,6-11,13-14H2,(H2,23,24,25)/t18-/m1/s1. The molecule has 146 valence electrons. The van der Waals surface area contributed by atoms with E-state index in [2.05, 4.69) is 31.9 Å². The summed E-state index contributed by atoms with van der Waals surface area (Å²) in [4.78, 5) is 26.2. The molecule has 0 unspecified atom stereocenters. The maximum atomic E-state index is 13.2. The van der Waals surface area contributed by atoms with Gasteiger partial charge in [-0.2, -0.15) is 0 Å². The zero-order valence-corrected chi connectivity index (χ0v) is 16.1. The molecule has 1 spiro atoms. The lowest BCUT2D eigenvalue weighted by molar-refractivity contribution is -0.141. The van der Waals surface area contributed by atoms with Crippen LogP contribution >= 0.6 is 0 Å². The van der Waals surface area contributed by atoms with E-state index in [1.807, 2.05) is 24.3 Å². The van der Waals surface area contributed by atoms with Crippen molar-refractivity contribution in [3.63, 3.8) is 0 Å². The molecule has 2 aromatic rings. The Bertz CT molecular complexity index is 858. The molecule has 2 saturated heterocycles. The van der Waals surface area contributed by atoms with Crippen molar-refractivity contribution in [2.75, 3.05) is 30.3 Å². The Kier molecular flexibility index (Phi) is 4.22. The third kappa shape index (κ3) is 3.21. The van der Waals surface area contributed by atoms with Gasteiger partial charge in [-0.05, 0) is 43.1 Å². The van der Waals surface area contributed by atoms with Gasteiger partial charge in [0.25, 0.3) is 0 Å². The number of rotatable bonds is 3. The molecule has 0 radical (unpaired) electrons. The van der Waals surface area contributed by atoms with Gasteiger partial charge in [0.2, 0.25) is 5.91 Å². The summed E-state index contributed by atoms with van der Waals surface area (Å²) in [6.07, 6.45) is 6.98. The number of carbonyl (C=O) groups excluding carboxylic acids is 1. The summed E-state index contributed by atoms with van der Waals surface area (Å²) in [5.41, 5.74) is 7.21. The third-order valence-electron chi connectivity index (χ3n) is 6.74. The minimum absolute atomic E-state index is 0.00297. The van der Waals surface area contributed by atoms with Crippen molar-refractivity contribution in [3.05, 3.63) is 48.3 Å². The van der Waals surface area contributed by atoms with Gasteiger partial charge < -0.3 is 15.5 Å². The minimum Gasteiger partial charge on any atom is -0.384 e. The fourth-order valence-corrected chi connectivity index (χ4v) is 4.97. The number of likely N-dealkylation sites (tertiary alicyclic amines) is 1. The van der Waals surface area contributed by atoms with Gasteiger partial charge in [0.1, 0.15) is 18.0 Å². The Morgan fingerprint density at radius 1 is 1.07 bits per heavy atom. The SMILES string of the molecule is Nc1cc(N2CCC3(CC2)C[C@H](c2ccccc2)C(=O)N(C2CC2)C3)ncn1. The Hall–Kier alpha value is -2.63. The molecule has 1 amide bonds. The average molecular weight is 377 g/mol. The van der Waals surface area contributed by atoms with E-state index in [-0.39, 0.29) is 11.3 Å². The van der Waals surface area contributed by atoms with E-state index in [4.69, 9.17) is 5.73 Å². The highest BCUT2D eigenvalue weighted by atomic mass is 16.2. The molecule has 28 heavy (non-hydrogen) atoms. The topological polar surface area (TPSA) is 75.3 Å². The molecule has 6 nitrogen and oxygen atoms in total. The second kappa shape index (κ2) is 6.76. The van der Waals surface area contributed by atoms with Crippen molar-refractivity contribution < 1.29 is 4.79 Å². The molecule has 3 aliphatic rings. The van der Waals surface area contributed by atoms with E-state index in [1.165, 1.54) is 11.9 Å². The summed E-state index contributed by atoms with van der Waals surface area (Å²) in [6.45, 7) is 2.81. The van der Waals surface area contributed by atoms with Crippen LogP contribution in [0.1, 0.15) is 43.6 Å². The number of hydrogen-bond acceptors (Lipinski definition) is 5. The van der Waals surface area contributed by atoms with E-state index in [9.17, 15) is 4.79 Å². The van der Waals surface area contributed by atoms with Crippen molar-refractivity contribution in [1.82, 2.24) is 14.9 Å². The summed E-state index contributed by atoms with van der Waals surface area (Å²) >= 11 is 0. The van der Waals surface area contributed by atoms with Crippen molar-refractivity contribution in [2.24, 2.45) is 5.41 Å². The van der Waals surface area contributed by atoms with E-state index >= 15 is 0 Å². The van der Waals surface area contributed by atoms with Gasteiger partial charge in [0.15, 0.2) is 0 Å². The van der Waals surface area contributed by atoms with Crippen LogP contribution in [-0.2, 0) is 4.79 Å². The van der Waals surface area contributed by atoms with Crippen LogP contribution in [0.15, 0.2) is 42.7 Å². The molecule has 3 heterocycles. The number of anilines is 2. The fraction of sp³-hybridized carbons (Fsp3) is 0.500. The summed E-state index contributed by atoms with van der Waals surface area (Å²) in [6, 6.07) is 12.7. The molecule has 0 bridgehead atoms. The number of nitrogens with two attached hydrogens (primary N) is 1. The predicted molar refractivity (Wildman–Crippen MR) is 109 cm³/mol. The van der Waals surface area contributed by atoms with Gasteiger partial charge >= 0.3 is 0 Å². The van der Waals surface area contributed by atoms with E-state index < -0.39 is 0 Å². The van der Waals surface area contributed by atoms with Crippen molar-refractivity contribution in [1.29, 1.82) is 0 Å². The molecule has 1 atom stereocenters. The summed E-state index contributed by atoms with van der Waals surface area (Å²) < 4.78 is 0. The van der Waals surface area contributed by atoms with Gasteiger partial charge in [0, 0.05) is 31.7 Å². The summed E-state index contributed by atoms with van der Waals surface area (Å²) in [5.74, 6) is 1.76. The number of piperidine rings is 2. The summed E-state index contributed by atoms with van der Waals surface area (Å²) in [5, 5.41) is 0. The first-order chi connectivity index (χ1) is 13.6. The molecule has 2 N–H and O–H groups in total. The van der Waals surface area contributed by atoms with Crippen LogP contribution < -0.4 is 10.6 Å². The van der Waals surface area contributed by atoms with Crippen LogP contribution in [-0.4, -0.2) is 46.5 Å². The molecule has 5 rings (SSSR count). The zero-order chi connectivity index (χ0) is 19.1. The van der Waals surface area contributed by atoms with Crippen LogP contribution in [0.3, 0.4) is 0 Å². The van der Waals surface area contributed by atoms with Crippen LogP contribution in [0.2, 0.25) is 0 Å². The van der Waals surface area contributed by atoms with Gasteiger partial charge in [-0.15, -0.1) is 0 Å². The Morgan fingerprint density at radius 2 is 1.82 bits per heavy atom. The molecule has 1 saturated carbocycles. The van der Waals surface area contributed by atoms with E-state index in [1.54, 1.807) is 0 Å². The number of aromatic nitrogens is 2. The van der Waals surface area contributed by atoms with Gasteiger partial charge in [-0.1, -0.05) is 30.3 Å². The lowest BCUT2D eigenvalue weighted by Gasteiger charge is -2.50. The molecule has 1 aliphatic carbocycles. The highest BCUT2D eigenvalue weighted by Gasteiger charge is 2.49.